The largest absolute Gasteiger partial charge is 0.478 e. The lowest BCUT2D eigenvalue weighted by Crippen LogP contribution is -2.13. The summed E-state index contributed by atoms with van der Waals surface area (Å²) in [6, 6.07) is 11.1. The van der Waals surface area contributed by atoms with E-state index in [4.69, 9.17) is 11.6 Å². The van der Waals surface area contributed by atoms with Gasteiger partial charge in [0.2, 0.25) is 0 Å². The second-order valence-electron chi connectivity index (χ2n) is 4.87. The first-order chi connectivity index (χ1) is 11.5. The maximum absolute atomic E-state index is 11.5. The van der Waals surface area contributed by atoms with Crippen molar-refractivity contribution in [3.63, 3.8) is 0 Å². The SMILES string of the molecule is O=C(O)c1cccc(-n2cc(-c3cccc(Cl)c3)nn2)c1C(=O)O. The number of carboxylic acid groups (broad SMARTS) is 2. The van der Waals surface area contributed by atoms with Crippen molar-refractivity contribution in [3.8, 4) is 16.9 Å². The number of aromatic nitrogens is 3. The highest BCUT2D eigenvalue weighted by Gasteiger charge is 2.21. The lowest BCUT2D eigenvalue weighted by Gasteiger charge is -2.08. The Morgan fingerprint density at radius 1 is 1.04 bits per heavy atom. The third-order valence-corrected chi connectivity index (χ3v) is 3.58. The smallest absolute Gasteiger partial charge is 0.338 e. The summed E-state index contributed by atoms with van der Waals surface area (Å²) < 4.78 is 1.23. The van der Waals surface area contributed by atoms with Gasteiger partial charge < -0.3 is 10.2 Å². The number of hydrogen-bond donors (Lipinski definition) is 2. The van der Waals surface area contributed by atoms with E-state index in [1.165, 1.54) is 29.1 Å². The second-order valence-corrected chi connectivity index (χ2v) is 5.31. The van der Waals surface area contributed by atoms with Crippen molar-refractivity contribution in [1.82, 2.24) is 15.0 Å². The highest BCUT2D eigenvalue weighted by Crippen LogP contribution is 2.23. The molecule has 0 bridgehead atoms. The van der Waals surface area contributed by atoms with Crippen molar-refractivity contribution in [3.05, 3.63) is 64.8 Å². The van der Waals surface area contributed by atoms with Crippen LogP contribution in [0.2, 0.25) is 5.02 Å². The fraction of sp³-hybridized carbons (Fsp3) is 0. The van der Waals surface area contributed by atoms with E-state index in [1.54, 1.807) is 24.3 Å². The Morgan fingerprint density at radius 3 is 2.46 bits per heavy atom. The Morgan fingerprint density at radius 2 is 1.79 bits per heavy atom. The topological polar surface area (TPSA) is 105 Å². The van der Waals surface area contributed by atoms with Gasteiger partial charge in [0.25, 0.3) is 0 Å². The maximum atomic E-state index is 11.5. The molecule has 0 unspecified atom stereocenters. The minimum Gasteiger partial charge on any atom is -0.478 e. The molecule has 7 nitrogen and oxygen atoms in total. The molecule has 0 atom stereocenters. The Balaban J connectivity index is 2.13. The van der Waals surface area contributed by atoms with Crippen LogP contribution in [0.5, 0.6) is 0 Å². The number of nitrogens with zero attached hydrogens (tertiary/aromatic N) is 3. The summed E-state index contributed by atoms with van der Waals surface area (Å²) in [5.41, 5.74) is 0.630. The van der Waals surface area contributed by atoms with E-state index in [0.717, 1.165) is 0 Å². The zero-order chi connectivity index (χ0) is 17.3. The van der Waals surface area contributed by atoms with Gasteiger partial charge in [-0.3, -0.25) is 0 Å². The van der Waals surface area contributed by atoms with E-state index < -0.39 is 11.9 Å². The van der Waals surface area contributed by atoms with Crippen LogP contribution in [0.25, 0.3) is 16.9 Å². The van der Waals surface area contributed by atoms with Crippen LogP contribution in [0.3, 0.4) is 0 Å². The molecule has 0 aliphatic carbocycles. The normalized spacial score (nSPS) is 10.5. The van der Waals surface area contributed by atoms with Crippen LogP contribution in [-0.2, 0) is 0 Å². The molecule has 8 heteroatoms. The average molecular weight is 344 g/mol. The number of halogens is 1. The van der Waals surface area contributed by atoms with Gasteiger partial charge in [-0.05, 0) is 24.3 Å². The predicted octanol–water partition coefficient (Wildman–Crippen LogP) is 2.98. The maximum Gasteiger partial charge on any atom is 0.338 e. The minimum absolute atomic E-state index is 0.114. The zero-order valence-corrected chi connectivity index (χ0v) is 12.8. The van der Waals surface area contributed by atoms with Gasteiger partial charge in [0, 0.05) is 10.6 Å². The predicted molar refractivity (Wildman–Crippen MR) is 85.7 cm³/mol. The molecule has 0 spiro atoms. The summed E-state index contributed by atoms with van der Waals surface area (Å²) >= 11 is 5.94. The van der Waals surface area contributed by atoms with Crippen LogP contribution in [0, 0.1) is 0 Å². The van der Waals surface area contributed by atoms with Gasteiger partial charge in [0.1, 0.15) is 5.69 Å². The van der Waals surface area contributed by atoms with E-state index in [2.05, 4.69) is 10.3 Å². The summed E-state index contributed by atoms with van der Waals surface area (Å²) in [7, 11) is 0. The van der Waals surface area contributed by atoms with Crippen LogP contribution in [0.15, 0.2) is 48.7 Å². The second kappa shape index (κ2) is 6.13. The summed E-state index contributed by atoms with van der Waals surface area (Å²) in [6.45, 7) is 0. The summed E-state index contributed by atoms with van der Waals surface area (Å²) in [6.07, 6.45) is 1.51. The van der Waals surface area contributed by atoms with E-state index >= 15 is 0 Å². The van der Waals surface area contributed by atoms with Gasteiger partial charge in [-0.2, -0.15) is 0 Å². The first kappa shape index (κ1) is 15.7. The Hall–Kier alpha value is -3.19. The van der Waals surface area contributed by atoms with Crippen LogP contribution in [-0.4, -0.2) is 37.1 Å². The molecule has 24 heavy (non-hydrogen) atoms. The highest BCUT2D eigenvalue weighted by molar-refractivity contribution is 6.30. The fourth-order valence-corrected chi connectivity index (χ4v) is 2.49. The van der Waals surface area contributed by atoms with E-state index in [-0.39, 0.29) is 16.8 Å². The van der Waals surface area contributed by atoms with Crippen molar-refractivity contribution in [2.75, 3.05) is 0 Å². The lowest BCUT2D eigenvalue weighted by atomic mass is 10.1. The van der Waals surface area contributed by atoms with Gasteiger partial charge in [-0.15, -0.1) is 5.10 Å². The minimum atomic E-state index is -1.36. The van der Waals surface area contributed by atoms with Gasteiger partial charge in [-0.25, -0.2) is 14.3 Å². The van der Waals surface area contributed by atoms with Crippen molar-refractivity contribution >= 4 is 23.5 Å². The molecule has 0 saturated carbocycles. The van der Waals surface area contributed by atoms with Crippen LogP contribution < -0.4 is 0 Å². The standard InChI is InChI=1S/C16H10ClN3O4/c17-10-4-1-3-9(7-10)12-8-20(19-18-12)13-6-2-5-11(15(21)22)14(13)16(23)24/h1-8H,(H,21,22)(H,23,24). The number of benzene rings is 2. The molecule has 0 aliphatic rings. The molecule has 2 N–H and O–H groups in total. The fourth-order valence-electron chi connectivity index (χ4n) is 2.30. The molecule has 0 aliphatic heterocycles. The molecule has 1 heterocycles. The van der Waals surface area contributed by atoms with Gasteiger partial charge in [0.05, 0.1) is 23.0 Å². The molecule has 2 aromatic carbocycles. The summed E-state index contributed by atoms with van der Waals surface area (Å²) in [4.78, 5) is 22.8. The number of carbonyl (C=O) groups is 2. The van der Waals surface area contributed by atoms with E-state index in [1.807, 2.05) is 0 Å². The molecular formula is C16H10ClN3O4. The number of carboxylic acids is 2. The third-order valence-electron chi connectivity index (χ3n) is 3.35. The zero-order valence-electron chi connectivity index (χ0n) is 12.0. The molecule has 0 fully saturated rings. The first-order valence-corrected chi connectivity index (χ1v) is 7.13. The average Bonchev–Trinajstić information content (AvgIpc) is 3.03. The molecule has 0 amide bonds. The third kappa shape index (κ3) is 2.84. The molecule has 3 aromatic rings. The summed E-state index contributed by atoms with van der Waals surface area (Å²) in [5.74, 6) is -2.69. The molecule has 0 radical (unpaired) electrons. The van der Waals surface area contributed by atoms with Crippen LogP contribution >= 0.6 is 11.6 Å². The quantitative estimate of drug-likeness (QED) is 0.754. The van der Waals surface area contributed by atoms with Gasteiger partial charge in [-0.1, -0.05) is 35.0 Å². The highest BCUT2D eigenvalue weighted by atomic mass is 35.5. The monoisotopic (exact) mass is 343 g/mol. The molecule has 1 aromatic heterocycles. The molecule has 3 rings (SSSR count). The van der Waals surface area contributed by atoms with E-state index in [0.29, 0.717) is 16.3 Å². The molecule has 120 valence electrons. The Kier molecular flexibility index (Phi) is 4.01. The summed E-state index contributed by atoms with van der Waals surface area (Å²) in [5, 5.41) is 27.0. The number of aromatic carboxylic acids is 2. The Bertz CT molecular complexity index is 952. The van der Waals surface area contributed by atoms with Crippen molar-refractivity contribution < 1.29 is 19.8 Å². The van der Waals surface area contributed by atoms with Crippen molar-refractivity contribution in [2.45, 2.75) is 0 Å². The van der Waals surface area contributed by atoms with Crippen molar-refractivity contribution in [1.29, 1.82) is 0 Å². The van der Waals surface area contributed by atoms with Gasteiger partial charge in [0.15, 0.2) is 0 Å². The molecular weight excluding hydrogens is 334 g/mol. The van der Waals surface area contributed by atoms with Crippen LogP contribution in [0.4, 0.5) is 0 Å². The lowest BCUT2D eigenvalue weighted by molar-refractivity contribution is 0.0651. The number of hydrogen-bond acceptors (Lipinski definition) is 4. The van der Waals surface area contributed by atoms with E-state index in [9.17, 15) is 19.8 Å². The van der Waals surface area contributed by atoms with Gasteiger partial charge >= 0.3 is 11.9 Å². The van der Waals surface area contributed by atoms with Crippen LogP contribution in [0.1, 0.15) is 20.7 Å². The Labute approximate surface area is 140 Å². The van der Waals surface area contributed by atoms with Crippen molar-refractivity contribution in [2.24, 2.45) is 0 Å². The number of rotatable bonds is 4. The first-order valence-electron chi connectivity index (χ1n) is 6.75. The molecule has 0 saturated heterocycles.